The van der Waals surface area contributed by atoms with Crippen LogP contribution in [0.5, 0.6) is 5.75 Å². The maximum Gasteiger partial charge on any atom is 0.324 e. The fourth-order valence-corrected chi connectivity index (χ4v) is 7.62. The van der Waals surface area contributed by atoms with Gasteiger partial charge in [0.15, 0.2) is 0 Å². The van der Waals surface area contributed by atoms with E-state index in [-0.39, 0.29) is 23.9 Å². The smallest absolute Gasteiger partial charge is 0.324 e. The van der Waals surface area contributed by atoms with Gasteiger partial charge in [-0.3, -0.25) is 14.7 Å². The van der Waals surface area contributed by atoms with Gasteiger partial charge in [0.05, 0.1) is 11.7 Å². The predicted molar refractivity (Wildman–Crippen MR) is 182 cm³/mol. The molecule has 3 aromatic rings. The van der Waals surface area contributed by atoms with E-state index in [0.717, 1.165) is 54.0 Å². The number of nitrogens with zero attached hydrogens (tertiary/aromatic N) is 5. The third-order valence-corrected chi connectivity index (χ3v) is 10.7. The van der Waals surface area contributed by atoms with Crippen LogP contribution in [0.15, 0.2) is 69.7 Å². The molecule has 244 valence electrons. The van der Waals surface area contributed by atoms with Crippen LogP contribution in [0.2, 0.25) is 5.02 Å². The molecule has 0 saturated carbocycles. The number of piperazine rings is 1. The van der Waals surface area contributed by atoms with Crippen molar-refractivity contribution in [2.75, 3.05) is 46.3 Å². The van der Waals surface area contributed by atoms with Crippen LogP contribution < -0.4 is 9.46 Å². The molecule has 13 heteroatoms. The van der Waals surface area contributed by atoms with Crippen LogP contribution in [0.25, 0.3) is 0 Å². The first-order valence-corrected chi connectivity index (χ1v) is 18.3. The van der Waals surface area contributed by atoms with Crippen molar-refractivity contribution in [1.29, 1.82) is 0 Å². The number of aryl methyl sites for hydroxylation is 2. The Bertz CT molecular complexity index is 1640. The average molecular weight is 730 g/mol. The minimum atomic E-state index is -3.89. The van der Waals surface area contributed by atoms with E-state index in [2.05, 4.69) is 48.1 Å². The van der Waals surface area contributed by atoms with Gasteiger partial charge in [-0.2, -0.15) is 13.1 Å². The van der Waals surface area contributed by atoms with Gasteiger partial charge in [-0.25, -0.2) is 0 Å². The van der Waals surface area contributed by atoms with Crippen molar-refractivity contribution in [3.8, 4) is 5.75 Å². The van der Waals surface area contributed by atoms with Crippen LogP contribution in [0.1, 0.15) is 47.7 Å². The molecule has 0 radical (unpaired) electrons. The summed E-state index contributed by atoms with van der Waals surface area (Å²) < 4.78 is 37.5. The predicted octanol–water partition coefficient (Wildman–Crippen LogP) is 4.83. The van der Waals surface area contributed by atoms with Gasteiger partial charge < -0.3 is 14.5 Å². The van der Waals surface area contributed by atoms with Gasteiger partial charge in [0.25, 0.3) is 0 Å². The first-order chi connectivity index (χ1) is 22.2. The molecule has 1 aromatic heterocycles. The highest BCUT2D eigenvalue weighted by molar-refractivity contribution is 9.10. The number of nitrogens with one attached hydrogen (secondary N) is 1. The molecule has 1 unspecified atom stereocenters. The van der Waals surface area contributed by atoms with Crippen LogP contribution >= 0.6 is 27.5 Å². The molecule has 1 atom stereocenters. The summed E-state index contributed by atoms with van der Waals surface area (Å²) in [6.07, 6.45) is 5.63. The van der Waals surface area contributed by atoms with Crippen LogP contribution in [-0.4, -0.2) is 86.3 Å². The molecule has 2 aromatic carbocycles. The lowest BCUT2D eigenvalue weighted by atomic mass is 9.93. The number of aromatic nitrogens is 1. The Balaban J connectivity index is 1.07. The molecule has 0 spiro atoms. The van der Waals surface area contributed by atoms with E-state index in [1.165, 1.54) is 23.7 Å². The lowest BCUT2D eigenvalue weighted by Gasteiger charge is -2.40. The van der Waals surface area contributed by atoms with Crippen LogP contribution in [0.3, 0.4) is 0 Å². The number of hydrogen-bond donors (Lipinski definition) is 1. The zero-order valence-electron chi connectivity index (χ0n) is 25.7. The number of rotatable bonds is 6. The summed E-state index contributed by atoms with van der Waals surface area (Å²) in [5, 5.41) is 0.745. The van der Waals surface area contributed by atoms with Crippen molar-refractivity contribution >= 4 is 49.7 Å². The quantitative estimate of drug-likeness (QED) is 0.286. The van der Waals surface area contributed by atoms with Crippen molar-refractivity contribution in [2.45, 2.75) is 38.1 Å². The second-order valence-electron chi connectivity index (χ2n) is 12.0. The molecule has 6 rings (SSSR count). The topological polar surface area (TPSA) is 107 Å². The molecule has 0 bridgehead atoms. The molecule has 1 aliphatic carbocycles. The van der Waals surface area contributed by atoms with Gasteiger partial charge in [0.2, 0.25) is 5.91 Å². The fourth-order valence-electron chi connectivity index (χ4n) is 6.60. The average Bonchev–Trinajstić information content (AvgIpc) is 3.21. The van der Waals surface area contributed by atoms with Gasteiger partial charge in [0.1, 0.15) is 5.75 Å². The van der Waals surface area contributed by atoms with Gasteiger partial charge in [-0.1, -0.05) is 40.3 Å². The second kappa shape index (κ2) is 14.4. The Kier molecular flexibility index (Phi) is 10.3. The van der Waals surface area contributed by atoms with Gasteiger partial charge >= 0.3 is 16.2 Å². The number of amides is 1. The summed E-state index contributed by atoms with van der Waals surface area (Å²) in [5.41, 5.74) is 4.81. The van der Waals surface area contributed by atoms with Gasteiger partial charge in [-0.15, -0.1) is 0 Å². The van der Waals surface area contributed by atoms with Gasteiger partial charge in [-0.05, 0) is 94.6 Å². The number of carbonyl (C=O) groups is 1. The number of hydrogen-bond acceptors (Lipinski definition) is 6. The van der Waals surface area contributed by atoms with E-state index >= 15 is 0 Å². The SMILES string of the molecule is CNS(=O)(=O)/N=C(\Oc1ccccc1)N1CCC(CC(=O)N2CCN(C3c4ccc(Cl)cc4CCc4cc(Br)cnc43)CC2)CC1. The second-order valence-corrected chi connectivity index (χ2v) is 14.9. The number of amidine groups is 1. The first-order valence-electron chi connectivity index (χ1n) is 15.6. The number of fused-ring (bicyclic) bond motifs is 2. The molecule has 3 aliphatic rings. The summed E-state index contributed by atoms with van der Waals surface area (Å²) in [4.78, 5) is 24.7. The fraction of sp³-hybridized carbons (Fsp3) is 0.424. The van der Waals surface area contributed by atoms with E-state index in [0.29, 0.717) is 38.3 Å². The number of pyridine rings is 1. The summed E-state index contributed by atoms with van der Waals surface area (Å²) in [6.45, 7) is 3.92. The van der Waals surface area contributed by atoms with Crippen molar-refractivity contribution in [2.24, 2.45) is 10.3 Å². The maximum absolute atomic E-state index is 13.5. The zero-order chi connectivity index (χ0) is 32.3. The highest BCUT2D eigenvalue weighted by atomic mass is 79.9. The maximum atomic E-state index is 13.5. The van der Waals surface area contributed by atoms with E-state index in [1.54, 1.807) is 12.1 Å². The Labute approximate surface area is 284 Å². The van der Waals surface area contributed by atoms with Crippen LogP contribution in [-0.2, 0) is 27.8 Å². The van der Waals surface area contributed by atoms with Crippen LogP contribution in [0, 0.1) is 5.92 Å². The normalized spacial score (nSPS) is 19.7. The first kappa shape index (κ1) is 32.9. The Morgan fingerprint density at radius 3 is 2.43 bits per heavy atom. The molecule has 10 nitrogen and oxygen atoms in total. The monoisotopic (exact) mass is 728 g/mol. The lowest BCUT2D eigenvalue weighted by Crippen LogP contribution is -2.50. The minimum absolute atomic E-state index is 0.0140. The van der Waals surface area contributed by atoms with Crippen LogP contribution in [0.4, 0.5) is 0 Å². The van der Waals surface area contributed by atoms with Crippen molar-refractivity contribution in [1.82, 2.24) is 24.4 Å². The van der Waals surface area contributed by atoms with E-state index in [1.807, 2.05) is 40.3 Å². The summed E-state index contributed by atoms with van der Waals surface area (Å²) in [6, 6.07) is 17.4. The Morgan fingerprint density at radius 1 is 1.00 bits per heavy atom. The highest BCUT2D eigenvalue weighted by Crippen LogP contribution is 2.38. The number of halogens is 2. The van der Waals surface area contributed by atoms with E-state index < -0.39 is 10.2 Å². The standard InChI is InChI=1S/C33H38BrClN6O4S/c1-36-46(43,44)38-33(45-28-5-3-2-4-6-28)41-13-11-23(12-14-41)19-30(42)39-15-17-40(18-16-39)32-29-10-9-27(35)21-24(29)7-8-25-20-26(34)22-37-31(25)32/h2-6,9-10,20-23,32,36H,7-8,11-19H2,1H3/b38-33-. The Morgan fingerprint density at radius 2 is 1.72 bits per heavy atom. The molecular formula is C33H38BrClN6O4S. The molecule has 1 amide bonds. The summed E-state index contributed by atoms with van der Waals surface area (Å²) in [5.74, 6) is 0.877. The number of benzene rings is 2. The van der Waals surface area contributed by atoms with Crippen molar-refractivity contribution in [3.05, 3.63) is 92.7 Å². The molecule has 2 fully saturated rings. The molecule has 46 heavy (non-hydrogen) atoms. The molecule has 2 saturated heterocycles. The number of ether oxygens (including phenoxy) is 1. The summed E-state index contributed by atoms with van der Waals surface area (Å²) >= 11 is 10.00. The number of carbonyl (C=O) groups excluding carboxylic acids is 1. The highest BCUT2D eigenvalue weighted by Gasteiger charge is 2.34. The molecule has 1 N–H and O–H groups in total. The molecule has 2 aliphatic heterocycles. The zero-order valence-corrected chi connectivity index (χ0v) is 28.9. The third kappa shape index (κ3) is 7.74. The van der Waals surface area contributed by atoms with E-state index in [4.69, 9.17) is 21.3 Å². The number of piperidine rings is 1. The molecule has 3 heterocycles. The van der Waals surface area contributed by atoms with Crippen molar-refractivity contribution < 1.29 is 17.9 Å². The number of likely N-dealkylation sites (tertiary alicyclic amines) is 1. The largest absolute Gasteiger partial charge is 0.425 e. The lowest BCUT2D eigenvalue weighted by molar-refractivity contribution is -0.134. The van der Waals surface area contributed by atoms with Crippen molar-refractivity contribution in [3.63, 3.8) is 0 Å². The molecular weight excluding hydrogens is 692 g/mol. The van der Waals surface area contributed by atoms with Gasteiger partial charge in [0, 0.05) is 68.4 Å². The third-order valence-electron chi connectivity index (χ3n) is 9.08. The van der Waals surface area contributed by atoms with E-state index in [9.17, 15) is 13.2 Å². The number of para-hydroxylation sites is 1. The minimum Gasteiger partial charge on any atom is -0.425 e. The Hall–Kier alpha value is -3.03. The summed E-state index contributed by atoms with van der Waals surface area (Å²) in [7, 11) is -2.58.